The highest BCUT2D eigenvalue weighted by atomic mass is 19.1. The number of carbonyl (C=O) groups excluding carboxylic acids is 2. The lowest BCUT2D eigenvalue weighted by molar-refractivity contribution is -0.156. The van der Waals surface area contributed by atoms with Gasteiger partial charge in [0.25, 0.3) is 5.91 Å². The molecular formula is C19H20FNO4. The van der Waals surface area contributed by atoms with E-state index in [9.17, 15) is 14.0 Å². The van der Waals surface area contributed by atoms with Gasteiger partial charge in [-0.25, -0.2) is 9.18 Å². The van der Waals surface area contributed by atoms with Gasteiger partial charge in [-0.15, -0.1) is 0 Å². The molecule has 132 valence electrons. The van der Waals surface area contributed by atoms with Crippen LogP contribution in [0, 0.1) is 5.82 Å². The van der Waals surface area contributed by atoms with Crippen molar-refractivity contribution >= 4 is 11.9 Å². The predicted octanol–water partition coefficient (Wildman–Crippen LogP) is 2.50. The molecule has 1 N–H and O–H groups in total. The Balaban J connectivity index is 1.67. The molecular weight excluding hydrogens is 325 g/mol. The summed E-state index contributed by atoms with van der Waals surface area (Å²) in [6, 6.07) is 15.0. The monoisotopic (exact) mass is 345 g/mol. The van der Waals surface area contributed by atoms with Crippen LogP contribution in [0.2, 0.25) is 0 Å². The van der Waals surface area contributed by atoms with Gasteiger partial charge in [-0.1, -0.05) is 30.3 Å². The Bertz CT molecular complexity index is 688. The van der Waals surface area contributed by atoms with E-state index in [4.69, 9.17) is 9.47 Å². The molecule has 0 spiro atoms. The number of ether oxygens (including phenoxy) is 2. The number of hydrogen-bond acceptors (Lipinski definition) is 4. The van der Waals surface area contributed by atoms with E-state index >= 15 is 0 Å². The molecule has 2 aromatic carbocycles. The molecule has 0 heterocycles. The van der Waals surface area contributed by atoms with Crippen LogP contribution in [0.1, 0.15) is 12.5 Å². The summed E-state index contributed by atoms with van der Waals surface area (Å²) in [6.07, 6.45) is -0.221. The van der Waals surface area contributed by atoms with E-state index in [1.165, 1.54) is 31.2 Å². The summed E-state index contributed by atoms with van der Waals surface area (Å²) >= 11 is 0. The topological polar surface area (TPSA) is 64.6 Å². The summed E-state index contributed by atoms with van der Waals surface area (Å²) in [5.41, 5.74) is 1.11. The smallest absolute Gasteiger partial charge is 0.344 e. The lowest BCUT2D eigenvalue weighted by atomic mass is 10.1. The fourth-order valence-corrected chi connectivity index (χ4v) is 2.08. The molecule has 2 aromatic rings. The number of benzene rings is 2. The van der Waals surface area contributed by atoms with Crippen LogP contribution in [0.3, 0.4) is 0 Å². The zero-order valence-electron chi connectivity index (χ0n) is 13.9. The molecule has 0 fully saturated rings. The van der Waals surface area contributed by atoms with Gasteiger partial charge in [-0.05, 0) is 43.2 Å². The maximum absolute atomic E-state index is 12.8. The Labute approximate surface area is 145 Å². The molecule has 0 aliphatic rings. The first kappa shape index (κ1) is 18.4. The first-order chi connectivity index (χ1) is 12.0. The van der Waals surface area contributed by atoms with E-state index in [1.807, 2.05) is 30.3 Å². The molecule has 0 saturated carbocycles. The second kappa shape index (κ2) is 9.42. The van der Waals surface area contributed by atoms with Crippen molar-refractivity contribution in [2.45, 2.75) is 19.4 Å². The van der Waals surface area contributed by atoms with Crippen molar-refractivity contribution in [1.29, 1.82) is 0 Å². The van der Waals surface area contributed by atoms with E-state index in [0.29, 0.717) is 18.7 Å². The van der Waals surface area contributed by atoms with Crippen molar-refractivity contribution in [2.75, 3.05) is 13.2 Å². The van der Waals surface area contributed by atoms with E-state index in [2.05, 4.69) is 5.32 Å². The Kier molecular flexibility index (Phi) is 6.95. The number of esters is 1. The number of halogens is 1. The summed E-state index contributed by atoms with van der Waals surface area (Å²) in [5, 5.41) is 2.72. The van der Waals surface area contributed by atoms with Crippen molar-refractivity contribution in [3.05, 3.63) is 66.0 Å². The summed E-state index contributed by atoms with van der Waals surface area (Å²) in [4.78, 5) is 23.6. The normalized spacial score (nSPS) is 11.4. The molecule has 0 saturated heterocycles. The highest BCUT2D eigenvalue weighted by Gasteiger charge is 2.17. The second-order valence-electron chi connectivity index (χ2n) is 5.40. The van der Waals surface area contributed by atoms with Crippen LogP contribution in [-0.2, 0) is 20.7 Å². The Morgan fingerprint density at radius 1 is 1.08 bits per heavy atom. The molecule has 0 radical (unpaired) electrons. The molecule has 2 rings (SSSR count). The van der Waals surface area contributed by atoms with Crippen LogP contribution >= 0.6 is 0 Å². The first-order valence-electron chi connectivity index (χ1n) is 7.94. The minimum atomic E-state index is -0.917. The van der Waals surface area contributed by atoms with Gasteiger partial charge < -0.3 is 14.8 Å². The molecule has 0 aliphatic heterocycles. The number of amides is 1. The summed E-state index contributed by atoms with van der Waals surface area (Å²) in [6.45, 7) is 1.59. The SMILES string of the molecule is C[C@H](OC(=O)COc1ccc(F)cc1)C(=O)NCCc1ccccc1. The zero-order valence-corrected chi connectivity index (χ0v) is 13.9. The molecule has 0 bridgehead atoms. The molecule has 0 unspecified atom stereocenters. The van der Waals surface area contributed by atoms with Crippen LogP contribution in [0.5, 0.6) is 5.75 Å². The Morgan fingerprint density at radius 2 is 1.76 bits per heavy atom. The van der Waals surface area contributed by atoms with Crippen LogP contribution in [-0.4, -0.2) is 31.1 Å². The van der Waals surface area contributed by atoms with Gasteiger partial charge in [0.2, 0.25) is 0 Å². The predicted molar refractivity (Wildman–Crippen MR) is 90.6 cm³/mol. The van der Waals surface area contributed by atoms with Crippen LogP contribution in [0.25, 0.3) is 0 Å². The molecule has 25 heavy (non-hydrogen) atoms. The van der Waals surface area contributed by atoms with Crippen molar-refractivity contribution in [2.24, 2.45) is 0 Å². The average Bonchev–Trinajstić information content (AvgIpc) is 2.62. The van der Waals surface area contributed by atoms with Gasteiger partial charge in [-0.3, -0.25) is 4.79 Å². The molecule has 1 amide bonds. The van der Waals surface area contributed by atoms with Crippen molar-refractivity contribution in [1.82, 2.24) is 5.32 Å². The Hall–Kier alpha value is -2.89. The lowest BCUT2D eigenvalue weighted by Crippen LogP contribution is -2.37. The second-order valence-corrected chi connectivity index (χ2v) is 5.40. The zero-order chi connectivity index (χ0) is 18.1. The number of carbonyl (C=O) groups is 2. The van der Waals surface area contributed by atoms with Gasteiger partial charge in [0.1, 0.15) is 11.6 Å². The van der Waals surface area contributed by atoms with E-state index in [1.54, 1.807) is 0 Å². The Morgan fingerprint density at radius 3 is 2.44 bits per heavy atom. The number of hydrogen-bond donors (Lipinski definition) is 1. The van der Waals surface area contributed by atoms with Gasteiger partial charge in [-0.2, -0.15) is 0 Å². The minimum Gasteiger partial charge on any atom is -0.482 e. The van der Waals surface area contributed by atoms with Gasteiger partial charge in [0.15, 0.2) is 12.7 Å². The van der Waals surface area contributed by atoms with E-state index in [-0.39, 0.29) is 12.5 Å². The summed E-state index contributed by atoms with van der Waals surface area (Å²) in [5.74, 6) is -1.09. The largest absolute Gasteiger partial charge is 0.482 e. The maximum atomic E-state index is 12.8. The third-order valence-corrected chi connectivity index (χ3v) is 3.40. The molecule has 5 nitrogen and oxygen atoms in total. The highest BCUT2D eigenvalue weighted by Crippen LogP contribution is 2.11. The van der Waals surface area contributed by atoms with Gasteiger partial charge in [0.05, 0.1) is 0 Å². The third-order valence-electron chi connectivity index (χ3n) is 3.40. The third kappa shape index (κ3) is 6.63. The van der Waals surface area contributed by atoms with Crippen molar-refractivity contribution in [3.8, 4) is 5.75 Å². The molecule has 1 atom stereocenters. The quantitative estimate of drug-likeness (QED) is 0.747. The van der Waals surface area contributed by atoms with Crippen LogP contribution in [0.15, 0.2) is 54.6 Å². The molecule has 0 aliphatic carbocycles. The fourth-order valence-electron chi connectivity index (χ4n) is 2.08. The fraction of sp³-hybridized carbons (Fsp3) is 0.263. The lowest BCUT2D eigenvalue weighted by Gasteiger charge is -2.14. The maximum Gasteiger partial charge on any atom is 0.344 e. The number of rotatable bonds is 8. The van der Waals surface area contributed by atoms with Crippen LogP contribution in [0.4, 0.5) is 4.39 Å². The highest BCUT2D eigenvalue weighted by molar-refractivity contribution is 5.83. The van der Waals surface area contributed by atoms with Crippen molar-refractivity contribution < 1.29 is 23.5 Å². The minimum absolute atomic E-state index is 0.346. The average molecular weight is 345 g/mol. The van der Waals surface area contributed by atoms with Gasteiger partial charge in [0, 0.05) is 6.54 Å². The standard InChI is InChI=1S/C19H20FNO4/c1-14(19(23)21-12-11-15-5-3-2-4-6-15)25-18(22)13-24-17-9-7-16(20)8-10-17/h2-10,14H,11-13H2,1H3,(H,21,23)/t14-/m0/s1. The molecule has 0 aromatic heterocycles. The van der Waals surface area contributed by atoms with E-state index in [0.717, 1.165) is 5.56 Å². The van der Waals surface area contributed by atoms with Crippen molar-refractivity contribution in [3.63, 3.8) is 0 Å². The first-order valence-corrected chi connectivity index (χ1v) is 7.94. The van der Waals surface area contributed by atoms with Gasteiger partial charge >= 0.3 is 5.97 Å². The summed E-state index contributed by atoms with van der Waals surface area (Å²) in [7, 11) is 0. The molecule has 6 heteroatoms. The van der Waals surface area contributed by atoms with E-state index < -0.39 is 17.9 Å². The number of nitrogens with one attached hydrogen (secondary N) is 1. The summed E-state index contributed by atoms with van der Waals surface area (Å²) < 4.78 is 22.9. The van der Waals surface area contributed by atoms with Crippen LogP contribution < -0.4 is 10.1 Å².